The van der Waals surface area contributed by atoms with Gasteiger partial charge in [0, 0.05) is 13.0 Å². The van der Waals surface area contributed by atoms with E-state index in [1.54, 1.807) is 17.0 Å². The standard InChI is InChI=1S/C31H41N3O5/c1-31(2,3)27(32)29(36)34-17-16-23(39-19-20-12-14-22(15-13-20)30(37)38-4)18-26(34)28(35)33-25-11-7-9-21-8-5-6-10-24(21)25/h5-6,8,10,12-15,23,25-27H,7,9,11,16-19,32H2,1-4H3,(H,33,35)/t23-,25?,26?,27?/m1/s1. The summed E-state index contributed by atoms with van der Waals surface area (Å²) in [4.78, 5) is 40.6. The average Bonchev–Trinajstić information content (AvgIpc) is 2.94. The van der Waals surface area contributed by atoms with Crippen molar-refractivity contribution < 1.29 is 23.9 Å². The number of likely N-dealkylation sites (tertiary alicyclic amines) is 1. The largest absolute Gasteiger partial charge is 0.465 e. The van der Waals surface area contributed by atoms with Crippen molar-refractivity contribution in [3.05, 3.63) is 70.8 Å². The molecule has 0 saturated carbocycles. The van der Waals surface area contributed by atoms with Crippen LogP contribution in [-0.4, -0.2) is 54.5 Å². The molecule has 3 N–H and O–H groups in total. The normalized spacial score (nSPS) is 22.0. The van der Waals surface area contributed by atoms with Gasteiger partial charge in [0.25, 0.3) is 0 Å². The van der Waals surface area contributed by atoms with Gasteiger partial charge < -0.3 is 25.4 Å². The molecule has 1 aliphatic heterocycles. The number of piperidine rings is 1. The molecule has 1 fully saturated rings. The number of ether oxygens (including phenoxy) is 2. The van der Waals surface area contributed by atoms with Crippen molar-refractivity contribution >= 4 is 17.8 Å². The molecule has 8 nitrogen and oxygen atoms in total. The molecule has 1 saturated heterocycles. The van der Waals surface area contributed by atoms with Gasteiger partial charge in [0.05, 0.1) is 37.5 Å². The number of carbonyl (C=O) groups is 3. The maximum atomic E-state index is 13.8. The Bertz CT molecular complexity index is 1170. The van der Waals surface area contributed by atoms with E-state index in [0.717, 1.165) is 30.4 Å². The van der Waals surface area contributed by atoms with Crippen LogP contribution in [0.2, 0.25) is 0 Å². The number of rotatable bonds is 7. The minimum atomic E-state index is -0.714. The van der Waals surface area contributed by atoms with Gasteiger partial charge in [-0.05, 0) is 59.9 Å². The van der Waals surface area contributed by atoms with Gasteiger partial charge in [0.2, 0.25) is 11.8 Å². The quantitative estimate of drug-likeness (QED) is 0.520. The number of aryl methyl sites for hydroxylation is 1. The summed E-state index contributed by atoms with van der Waals surface area (Å²) in [6.07, 6.45) is 3.68. The van der Waals surface area contributed by atoms with Gasteiger partial charge in [0.15, 0.2) is 0 Å². The van der Waals surface area contributed by atoms with Gasteiger partial charge in [-0.15, -0.1) is 0 Å². The monoisotopic (exact) mass is 535 g/mol. The summed E-state index contributed by atoms with van der Waals surface area (Å²) in [6, 6.07) is 13.9. The minimum Gasteiger partial charge on any atom is -0.465 e. The zero-order valence-electron chi connectivity index (χ0n) is 23.4. The second kappa shape index (κ2) is 12.3. The molecule has 2 amide bonds. The number of carbonyl (C=O) groups excluding carboxylic acids is 3. The Balaban J connectivity index is 1.48. The van der Waals surface area contributed by atoms with Crippen LogP contribution in [-0.2, 0) is 32.1 Å². The summed E-state index contributed by atoms with van der Waals surface area (Å²) in [6.45, 7) is 6.54. The molecular weight excluding hydrogens is 494 g/mol. The highest BCUT2D eigenvalue weighted by Crippen LogP contribution is 2.31. The van der Waals surface area contributed by atoms with E-state index in [-0.39, 0.29) is 29.9 Å². The van der Waals surface area contributed by atoms with Gasteiger partial charge in [0.1, 0.15) is 6.04 Å². The highest BCUT2D eigenvalue weighted by Gasteiger charge is 2.41. The van der Waals surface area contributed by atoms with Gasteiger partial charge in [-0.25, -0.2) is 4.79 Å². The predicted octanol–water partition coefficient (Wildman–Crippen LogP) is 3.92. The summed E-state index contributed by atoms with van der Waals surface area (Å²) < 4.78 is 11.0. The number of nitrogens with zero attached hydrogens (tertiary/aromatic N) is 1. The first kappa shape index (κ1) is 28.8. The van der Waals surface area contributed by atoms with E-state index in [2.05, 4.69) is 17.4 Å². The smallest absolute Gasteiger partial charge is 0.337 e. The summed E-state index contributed by atoms with van der Waals surface area (Å²) in [7, 11) is 1.35. The number of hydrogen-bond acceptors (Lipinski definition) is 6. The lowest BCUT2D eigenvalue weighted by Gasteiger charge is -2.42. The minimum absolute atomic E-state index is 0.0784. The van der Waals surface area contributed by atoms with Crippen LogP contribution in [0, 0.1) is 5.41 Å². The first-order valence-corrected chi connectivity index (χ1v) is 13.8. The van der Waals surface area contributed by atoms with Gasteiger partial charge in [-0.1, -0.05) is 57.2 Å². The molecule has 2 aliphatic rings. The molecule has 4 rings (SSSR count). The van der Waals surface area contributed by atoms with Crippen molar-refractivity contribution in [2.75, 3.05) is 13.7 Å². The van der Waals surface area contributed by atoms with E-state index >= 15 is 0 Å². The molecule has 1 aliphatic carbocycles. The van der Waals surface area contributed by atoms with Crippen LogP contribution < -0.4 is 11.1 Å². The van der Waals surface area contributed by atoms with Crippen LogP contribution in [0.15, 0.2) is 48.5 Å². The Kier molecular flexibility index (Phi) is 9.08. The van der Waals surface area contributed by atoms with Crippen molar-refractivity contribution in [1.29, 1.82) is 0 Å². The fraction of sp³-hybridized carbons (Fsp3) is 0.516. The third-order valence-electron chi connectivity index (χ3n) is 7.89. The summed E-state index contributed by atoms with van der Waals surface area (Å²) >= 11 is 0. The number of amides is 2. The van der Waals surface area contributed by atoms with Gasteiger partial charge >= 0.3 is 5.97 Å². The molecule has 3 unspecified atom stereocenters. The van der Waals surface area contributed by atoms with E-state index in [1.807, 2.05) is 45.0 Å². The predicted molar refractivity (Wildman–Crippen MR) is 149 cm³/mol. The van der Waals surface area contributed by atoms with Crippen molar-refractivity contribution in [2.45, 2.75) is 83.7 Å². The Labute approximate surface area is 231 Å². The molecule has 8 heteroatoms. The lowest BCUT2D eigenvalue weighted by Crippen LogP contribution is -2.60. The molecule has 0 aromatic heterocycles. The third-order valence-corrected chi connectivity index (χ3v) is 7.89. The first-order chi connectivity index (χ1) is 18.6. The zero-order valence-corrected chi connectivity index (χ0v) is 23.4. The van der Waals surface area contributed by atoms with Crippen molar-refractivity contribution in [3.63, 3.8) is 0 Å². The Morgan fingerprint density at radius 3 is 2.49 bits per heavy atom. The van der Waals surface area contributed by atoms with E-state index in [4.69, 9.17) is 15.2 Å². The number of methoxy groups -OCH3 is 1. The van der Waals surface area contributed by atoms with E-state index < -0.39 is 17.5 Å². The molecule has 39 heavy (non-hydrogen) atoms. The van der Waals surface area contributed by atoms with E-state index in [1.165, 1.54) is 12.7 Å². The number of nitrogens with two attached hydrogens (primary N) is 1. The highest BCUT2D eigenvalue weighted by atomic mass is 16.5. The Morgan fingerprint density at radius 1 is 1.08 bits per heavy atom. The molecule has 2 aromatic carbocycles. The molecule has 0 spiro atoms. The number of esters is 1. The average molecular weight is 536 g/mol. The van der Waals surface area contributed by atoms with Crippen LogP contribution in [0.4, 0.5) is 0 Å². The Morgan fingerprint density at radius 2 is 1.79 bits per heavy atom. The van der Waals surface area contributed by atoms with Crippen molar-refractivity contribution in [3.8, 4) is 0 Å². The Hall–Kier alpha value is -3.23. The zero-order chi connectivity index (χ0) is 28.2. The SMILES string of the molecule is COC(=O)c1ccc(CO[C@@H]2CCN(C(=O)C(N)C(C)(C)C)C(C(=O)NC3CCCc4ccccc43)C2)cc1. The lowest BCUT2D eigenvalue weighted by atomic mass is 9.85. The third kappa shape index (κ3) is 6.86. The number of hydrogen-bond donors (Lipinski definition) is 2. The number of nitrogens with one attached hydrogen (secondary N) is 1. The lowest BCUT2D eigenvalue weighted by molar-refractivity contribution is -0.149. The van der Waals surface area contributed by atoms with Gasteiger partial charge in [-0.2, -0.15) is 0 Å². The molecule has 0 radical (unpaired) electrons. The van der Waals surface area contributed by atoms with Crippen LogP contribution in [0.1, 0.15) is 79.5 Å². The van der Waals surface area contributed by atoms with Gasteiger partial charge in [-0.3, -0.25) is 9.59 Å². The number of benzene rings is 2. The summed E-state index contributed by atoms with van der Waals surface area (Å²) in [5, 5.41) is 3.25. The van der Waals surface area contributed by atoms with E-state index in [0.29, 0.717) is 31.6 Å². The van der Waals surface area contributed by atoms with Crippen LogP contribution in [0.25, 0.3) is 0 Å². The summed E-state index contributed by atoms with van der Waals surface area (Å²) in [5.74, 6) is -0.757. The molecule has 0 bridgehead atoms. The summed E-state index contributed by atoms with van der Waals surface area (Å²) in [5.41, 5.74) is 9.74. The molecule has 210 valence electrons. The second-order valence-electron chi connectivity index (χ2n) is 11.7. The van der Waals surface area contributed by atoms with E-state index in [9.17, 15) is 14.4 Å². The fourth-order valence-electron chi connectivity index (χ4n) is 5.39. The van der Waals surface area contributed by atoms with Crippen LogP contribution in [0.5, 0.6) is 0 Å². The maximum Gasteiger partial charge on any atom is 0.337 e. The molecule has 1 heterocycles. The second-order valence-corrected chi connectivity index (χ2v) is 11.7. The molecule has 2 aromatic rings. The first-order valence-electron chi connectivity index (χ1n) is 13.8. The highest BCUT2D eigenvalue weighted by molar-refractivity contribution is 5.91. The number of fused-ring (bicyclic) bond motifs is 1. The van der Waals surface area contributed by atoms with Crippen molar-refractivity contribution in [2.24, 2.45) is 11.1 Å². The topological polar surface area (TPSA) is 111 Å². The van der Waals surface area contributed by atoms with Crippen molar-refractivity contribution in [1.82, 2.24) is 10.2 Å². The fourth-order valence-corrected chi connectivity index (χ4v) is 5.39. The van der Waals surface area contributed by atoms with Crippen LogP contribution in [0.3, 0.4) is 0 Å². The molecule has 4 atom stereocenters. The maximum absolute atomic E-state index is 13.8. The molecular formula is C31H41N3O5. The van der Waals surface area contributed by atoms with Crippen LogP contribution >= 0.6 is 0 Å².